The largest absolute Gasteiger partial charge is 0.469 e. The van der Waals surface area contributed by atoms with Crippen molar-refractivity contribution < 1.29 is 14.3 Å². The number of aromatic nitrogens is 4. The topological polar surface area (TPSA) is 110 Å². The number of nitrogens with zero attached hydrogens (tertiary/aromatic N) is 3. The molecule has 0 spiro atoms. The Balaban J connectivity index is 1.72. The fraction of sp³-hybridized carbons (Fsp3) is 0.389. The molecule has 3 aromatic rings. The number of ether oxygens (including phenoxy) is 1. The van der Waals surface area contributed by atoms with Crippen LogP contribution in [0.3, 0.4) is 0 Å². The predicted octanol–water partition coefficient (Wildman–Crippen LogP) is 3.25. The number of nitrogens with one attached hydrogen (secondary N) is 2. The molecular formula is C18H21N5O3S. The van der Waals surface area contributed by atoms with Gasteiger partial charge in [-0.15, -0.1) is 11.3 Å². The number of fused-ring (bicyclic) bond motifs is 1. The van der Waals surface area contributed by atoms with E-state index in [4.69, 9.17) is 4.74 Å². The summed E-state index contributed by atoms with van der Waals surface area (Å²) in [6, 6.07) is 1.89. The second kappa shape index (κ2) is 8.26. The maximum absolute atomic E-state index is 12.6. The molecule has 0 fully saturated rings. The first-order valence-electron chi connectivity index (χ1n) is 8.66. The summed E-state index contributed by atoms with van der Waals surface area (Å²) in [7, 11) is 1.35. The summed E-state index contributed by atoms with van der Waals surface area (Å²) in [5.74, 6) is -1.08. The molecule has 0 aromatic carbocycles. The molecule has 3 aromatic heterocycles. The molecule has 1 amide bonds. The molecule has 3 heterocycles. The third-order valence-electron chi connectivity index (χ3n) is 4.44. The zero-order chi connectivity index (χ0) is 19.4. The molecular weight excluding hydrogens is 366 g/mol. The van der Waals surface area contributed by atoms with Crippen LogP contribution in [0.25, 0.3) is 22.4 Å². The Morgan fingerprint density at radius 1 is 1.37 bits per heavy atom. The van der Waals surface area contributed by atoms with Gasteiger partial charge in [0.15, 0.2) is 5.13 Å². The van der Waals surface area contributed by atoms with Gasteiger partial charge in [0, 0.05) is 22.9 Å². The molecule has 2 N–H and O–H groups in total. The van der Waals surface area contributed by atoms with Crippen molar-refractivity contribution in [2.45, 2.75) is 26.7 Å². The van der Waals surface area contributed by atoms with Crippen molar-refractivity contribution in [2.75, 3.05) is 12.4 Å². The SMILES string of the molecule is CC[C@@H](C[C@@H](C)C(=O)OC)C(=O)Nc1nc(-c2ncnc3[nH]ccc23)cs1. The standard InChI is InChI=1S/C18H21N5O3S/c1-4-11(7-10(2)17(25)26-3)16(24)23-18-22-13(8-27-18)14-12-5-6-19-15(12)21-9-20-14/h5-6,8-11H,4,7H2,1-3H3,(H,19,20,21)(H,22,23,24)/t10-,11+/m1/s1. The summed E-state index contributed by atoms with van der Waals surface area (Å²) in [6.07, 6.45) is 4.34. The number of H-pyrrole nitrogens is 1. The number of aromatic amines is 1. The molecule has 0 bridgehead atoms. The van der Waals surface area contributed by atoms with Crippen molar-refractivity contribution in [2.24, 2.45) is 11.8 Å². The van der Waals surface area contributed by atoms with Crippen LogP contribution in [0.5, 0.6) is 0 Å². The molecule has 0 aliphatic carbocycles. The molecule has 142 valence electrons. The smallest absolute Gasteiger partial charge is 0.308 e. The summed E-state index contributed by atoms with van der Waals surface area (Å²) >= 11 is 1.34. The predicted molar refractivity (Wildman–Crippen MR) is 103 cm³/mol. The summed E-state index contributed by atoms with van der Waals surface area (Å²) in [5, 5.41) is 6.08. The zero-order valence-electron chi connectivity index (χ0n) is 15.4. The van der Waals surface area contributed by atoms with E-state index >= 15 is 0 Å². The lowest BCUT2D eigenvalue weighted by atomic mass is 9.93. The average Bonchev–Trinajstić information content (AvgIpc) is 3.34. The summed E-state index contributed by atoms with van der Waals surface area (Å²) in [6.45, 7) is 3.69. The first-order valence-corrected chi connectivity index (χ1v) is 9.54. The van der Waals surface area contributed by atoms with E-state index in [-0.39, 0.29) is 23.7 Å². The van der Waals surface area contributed by atoms with E-state index in [0.717, 1.165) is 11.0 Å². The van der Waals surface area contributed by atoms with Crippen molar-refractivity contribution in [3.05, 3.63) is 24.0 Å². The van der Waals surface area contributed by atoms with Gasteiger partial charge in [-0.3, -0.25) is 9.59 Å². The maximum Gasteiger partial charge on any atom is 0.308 e. The maximum atomic E-state index is 12.6. The van der Waals surface area contributed by atoms with Crippen LogP contribution in [0, 0.1) is 11.8 Å². The van der Waals surface area contributed by atoms with Crippen LogP contribution < -0.4 is 5.32 Å². The minimum atomic E-state index is -0.333. The molecule has 0 aliphatic heterocycles. The van der Waals surface area contributed by atoms with Crippen LogP contribution in [0.1, 0.15) is 26.7 Å². The fourth-order valence-electron chi connectivity index (χ4n) is 2.91. The minimum Gasteiger partial charge on any atom is -0.469 e. The van der Waals surface area contributed by atoms with Gasteiger partial charge in [0.2, 0.25) is 5.91 Å². The quantitative estimate of drug-likeness (QED) is 0.602. The molecule has 0 saturated carbocycles. The number of thiazole rings is 1. The zero-order valence-corrected chi connectivity index (χ0v) is 16.2. The molecule has 0 aliphatic rings. The van der Waals surface area contributed by atoms with Gasteiger partial charge in [-0.25, -0.2) is 15.0 Å². The van der Waals surface area contributed by atoms with Crippen LogP contribution >= 0.6 is 11.3 Å². The van der Waals surface area contributed by atoms with Crippen molar-refractivity contribution >= 4 is 39.4 Å². The van der Waals surface area contributed by atoms with E-state index in [1.807, 2.05) is 18.4 Å². The Morgan fingerprint density at radius 3 is 2.93 bits per heavy atom. The Bertz CT molecular complexity index is 951. The van der Waals surface area contributed by atoms with Crippen molar-refractivity contribution in [1.82, 2.24) is 19.9 Å². The molecule has 2 atom stereocenters. The number of hydrogen-bond acceptors (Lipinski definition) is 7. The number of carbonyl (C=O) groups is 2. The van der Waals surface area contributed by atoms with E-state index in [1.54, 1.807) is 13.1 Å². The van der Waals surface area contributed by atoms with Crippen molar-refractivity contribution in [3.63, 3.8) is 0 Å². The third kappa shape index (κ3) is 4.13. The van der Waals surface area contributed by atoms with Crippen LogP contribution in [0.2, 0.25) is 0 Å². The number of anilines is 1. The van der Waals surface area contributed by atoms with Crippen LogP contribution in [0.15, 0.2) is 24.0 Å². The van der Waals surface area contributed by atoms with Crippen LogP contribution in [-0.2, 0) is 14.3 Å². The molecule has 0 unspecified atom stereocenters. The Kier molecular flexibility index (Phi) is 5.80. The number of hydrogen-bond donors (Lipinski definition) is 2. The van der Waals surface area contributed by atoms with Gasteiger partial charge in [0.05, 0.1) is 13.0 Å². The second-order valence-electron chi connectivity index (χ2n) is 6.25. The number of carbonyl (C=O) groups excluding carboxylic acids is 2. The van der Waals surface area contributed by atoms with Gasteiger partial charge in [-0.1, -0.05) is 13.8 Å². The molecule has 9 heteroatoms. The van der Waals surface area contributed by atoms with Gasteiger partial charge in [0.25, 0.3) is 0 Å². The van der Waals surface area contributed by atoms with Crippen molar-refractivity contribution in [3.8, 4) is 11.4 Å². The molecule has 0 radical (unpaired) electrons. The third-order valence-corrected chi connectivity index (χ3v) is 5.19. The highest BCUT2D eigenvalue weighted by Crippen LogP contribution is 2.28. The normalized spacial score (nSPS) is 13.3. The fourth-order valence-corrected chi connectivity index (χ4v) is 3.61. The summed E-state index contributed by atoms with van der Waals surface area (Å²) in [4.78, 5) is 40.2. The van der Waals surface area contributed by atoms with E-state index in [0.29, 0.717) is 29.4 Å². The van der Waals surface area contributed by atoms with Gasteiger partial charge in [-0.05, 0) is 18.9 Å². The molecule has 27 heavy (non-hydrogen) atoms. The van der Waals surface area contributed by atoms with Crippen LogP contribution in [0.4, 0.5) is 5.13 Å². The van der Waals surface area contributed by atoms with Crippen LogP contribution in [-0.4, -0.2) is 38.9 Å². The first kappa shape index (κ1) is 19.0. The van der Waals surface area contributed by atoms with E-state index < -0.39 is 0 Å². The highest BCUT2D eigenvalue weighted by atomic mass is 32.1. The number of esters is 1. The lowest BCUT2D eigenvalue weighted by Gasteiger charge is -2.17. The van der Waals surface area contributed by atoms with Gasteiger partial charge < -0.3 is 15.0 Å². The monoisotopic (exact) mass is 387 g/mol. The van der Waals surface area contributed by atoms with Gasteiger partial charge >= 0.3 is 5.97 Å². The number of amides is 1. The van der Waals surface area contributed by atoms with Gasteiger partial charge in [-0.2, -0.15) is 0 Å². The van der Waals surface area contributed by atoms with Gasteiger partial charge in [0.1, 0.15) is 23.4 Å². The van der Waals surface area contributed by atoms with E-state index in [9.17, 15) is 9.59 Å². The summed E-state index contributed by atoms with van der Waals surface area (Å²) < 4.78 is 4.74. The molecule has 3 rings (SSSR count). The average molecular weight is 387 g/mol. The highest BCUT2D eigenvalue weighted by molar-refractivity contribution is 7.14. The van der Waals surface area contributed by atoms with Crippen molar-refractivity contribution in [1.29, 1.82) is 0 Å². The number of methoxy groups -OCH3 is 1. The molecule has 8 nitrogen and oxygen atoms in total. The second-order valence-corrected chi connectivity index (χ2v) is 7.11. The van der Waals surface area contributed by atoms with E-state index in [2.05, 4.69) is 25.3 Å². The lowest BCUT2D eigenvalue weighted by molar-refractivity contribution is -0.145. The highest BCUT2D eigenvalue weighted by Gasteiger charge is 2.24. The Morgan fingerprint density at radius 2 is 2.19 bits per heavy atom. The number of rotatable bonds is 7. The first-order chi connectivity index (χ1) is 13.0. The molecule has 0 saturated heterocycles. The van der Waals surface area contributed by atoms with E-state index in [1.165, 1.54) is 24.8 Å². The summed E-state index contributed by atoms with van der Waals surface area (Å²) in [5.41, 5.74) is 2.13. The minimum absolute atomic E-state index is 0.149. The lowest BCUT2D eigenvalue weighted by Crippen LogP contribution is -2.26. The Hall–Kier alpha value is -2.81. The Labute approximate surface area is 160 Å².